The Morgan fingerprint density at radius 3 is 2.78 bits per heavy atom. The van der Waals surface area contributed by atoms with Gasteiger partial charge in [0, 0.05) is 23.9 Å². The minimum absolute atomic E-state index is 0.0245. The monoisotopic (exact) mass is 314 g/mol. The Morgan fingerprint density at radius 1 is 1.35 bits per heavy atom. The molecule has 1 aliphatic heterocycles. The molecule has 0 radical (unpaired) electrons. The molecule has 0 fully saturated rings. The van der Waals surface area contributed by atoms with Gasteiger partial charge in [0.25, 0.3) is 5.91 Å². The zero-order chi connectivity index (χ0) is 16.7. The number of aromatic nitrogens is 1. The summed E-state index contributed by atoms with van der Waals surface area (Å²) in [6, 6.07) is 0. The van der Waals surface area contributed by atoms with Gasteiger partial charge in [-0.05, 0) is 55.7 Å². The van der Waals surface area contributed by atoms with Gasteiger partial charge in [-0.2, -0.15) is 0 Å². The molecule has 1 aliphatic carbocycles. The molecule has 1 aromatic rings. The fourth-order valence-electron chi connectivity index (χ4n) is 3.60. The topological polar surface area (TPSA) is 42.0 Å². The molecule has 3 rings (SSSR count). The third kappa shape index (κ3) is 2.50. The van der Waals surface area contributed by atoms with Gasteiger partial charge in [0.1, 0.15) is 0 Å². The summed E-state index contributed by atoms with van der Waals surface area (Å²) in [4.78, 5) is 16.6. The molecule has 1 unspecified atom stereocenters. The van der Waals surface area contributed by atoms with Gasteiger partial charge in [0.05, 0.1) is 5.69 Å². The van der Waals surface area contributed by atoms with Crippen molar-refractivity contribution in [3.8, 4) is 0 Å². The van der Waals surface area contributed by atoms with Crippen LogP contribution in [0, 0.1) is 11.7 Å². The van der Waals surface area contributed by atoms with E-state index in [4.69, 9.17) is 0 Å². The summed E-state index contributed by atoms with van der Waals surface area (Å²) < 4.78 is 14.8. The van der Waals surface area contributed by atoms with E-state index in [1.165, 1.54) is 0 Å². The maximum atomic E-state index is 14.8. The number of nitrogens with zero attached hydrogens (tertiary/aromatic N) is 1. The second-order valence-corrected chi connectivity index (χ2v) is 6.55. The summed E-state index contributed by atoms with van der Waals surface area (Å²) in [5, 5.41) is 2.95. The van der Waals surface area contributed by atoms with Crippen molar-refractivity contribution < 1.29 is 9.18 Å². The number of nitrogens with one attached hydrogen (secondary N) is 1. The zero-order valence-corrected chi connectivity index (χ0v) is 14.2. The van der Waals surface area contributed by atoms with Gasteiger partial charge in [-0.1, -0.05) is 19.4 Å². The number of carbonyl (C=O) groups excluding carboxylic acids is 1. The summed E-state index contributed by atoms with van der Waals surface area (Å²) in [6.07, 6.45) is 3.86. The third-order valence-electron chi connectivity index (χ3n) is 5.21. The van der Waals surface area contributed by atoms with Crippen molar-refractivity contribution in [3.05, 3.63) is 45.6 Å². The molecule has 0 saturated carbocycles. The van der Waals surface area contributed by atoms with Crippen LogP contribution in [-0.4, -0.2) is 17.4 Å². The van der Waals surface area contributed by atoms with Crippen LogP contribution in [0.15, 0.2) is 22.9 Å². The molecule has 23 heavy (non-hydrogen) atoms. The van der Waals surface area contributed by atoms with Gasteiger partial charge in [-0.15, -0.1) is 0 Å². The molecule has 0 bridgehead atoms. The SMILES string of the molecule is CCc1ncc2c(c1F)C(C)=C(C1=C(C)C(C)CNC1=O)CC2. The summed E-state index contributed by atoms with van der Waals surface area (Å²) in [7, 11) is 0. The average molecular weight is 314 g/mol. The van der Waals surface area contributed by atoms with Crippen molar-refractivity contribution in [1.82, 2.24) is 10.3 Å². The number of hydrogen-bond acceptors (Lipinski definition) is 2. The fourth-order valence-corrected chi connectivity index (χ4v) is 3.60. The Kier molecular flexibility index (Phi) is 4.09. The number of rotatable bonds is 2. The Hall–Kier alpha value is -1.97. The quantitative estimate of drug-likeness (QED) is 0.906. The van der Waals surface area contributed by atoms with Crippen molar-refractivity contribution in [2.75, 3.05) is 6.54 Å². The highest BCUT2D eigenvalue weighted by atomic mass is 19.1. The Labute approximate surface area is 136 Å². The molecule has 0 spiro atoms. The number of pyridine rings is 1. The average Bonchev–Trinajstić information content (AvgIpc) is 2.53. The molecule has 3 nitrogen and oxygen atoms in total. The number of fused-ring (bicyclic) bond motifs is 1. The second-order valence-electron chi connectivity index (χ2n) is 6.55. The van der Waals surface area contributed by atoms with Gasteiger partial charge < -0.3 is 5.32 Å². The van der Waals surface area contributed by atoms with Crippen molar-refractivity contribution in [2.24, 2.45) is 5.92 Å². The molecule has 2 aliphatic rings. The van der Waals surface area contributed by atoms with Crippen LogP contribution in [0.3, 0.4) is 0 Å². The highest BCUT2D eigenvalue weighted by Gasteiger charge is 2.30. The van der Waals surface area contributed by atoms with E-state index in [2.05, 4.69) is 17.2 Å². The van der Waals surface area contributed by atoms with Crippen molar-refractivity contribution in [3.63, 3.8) is 0 Å². The van der Waals surface area contributed by atoms with Crippen LogP contribution in [0.1, 0.15) is 50.9 Å². The van der Waals surface area contributed by atoms with Crippen LogP contribution in [0.25, 0.3) is 5.57 Å². The van der Waals surface area contributed by atoms with E-state index in [9.17, 15) is 9.18 Å². The third-order valence-corrected chi connectivity index (χ3v) is 5.21. The van der Waals surface area contributed by atoms with Crippen LogP contribution in [0.5, 0.6) is 0 Å². The second kappa shape index (κ2) is 5.91. The Bertz CT molecular complexity index is 746. The predicted octanol–water partition coefficient (Wildman–Crippen LogP) is 3.59. The van der Waals surface area contributed by atoms with E-state index in [1.54, 1.807) is 6.20 Å². The van der Waals surface area contributed by atoms with Crippen LogP contribution in [0.4, 0.5) is 4.39 Å². The first kappa shape index (κ1) is 15.9. The van der Waals surface area contributed by atoms with Crippen LogP contribution in [0.2, 0.25) is 0 Å². The van der Waals surface area contributed by atoms with Gasteiger partial charge in [-0.3, -0.25) is 9.78 Å². The number of amides is 1. The van der Waals surface area contributed by atoms with Crippen LogP contribution >= 0.6 is 0 Å². The molecule has 1 amide bonds. The van der Waals surface area contributed by atoms with Gasteiger partial charge in [-0.25, -0.2) is 4.39 Å². The number of carbonyl (C=O) groups is 1. The largest absolute Gasteiger partial charge is 0.351 e. The number of hydrogen-bond donors (Lipinski definition) is 1. The maximum Gasteiger partial charge on any atom is 0.251 e. The van der Waals surface area contributed by atoms with Gasteiger partial charge in [0.15, 0.2) is 5.82 Å². The molecule has 122 valence electrons. The number of allylic oxidation sites excluding steroid dienone is 1. The molecular weight excluding hydrogens is 291 g/mol. The standard InChI is InChI=1S/C19H23FN2O/c1-5-15-18(20)16-12(4)14(7-6-13(16)9-21-15)17-11(3)10(2)8-22-19(17)23/h9-10H,5-8H2,1-4H3,(H,22,23). The molecule has 2 heterocycles. The lowest BCUT2D eigenvalue weighted by Gasteiger charge is -2.29. The summed E-state index contributed by atoms with van der Waals surface area (Å²) >= 11 is 0. The first-order chi connectivity index (χ1) is 11.0. The maximum absolute atomic E-state index is 14.8. The minimum atomic E-state index is -0.220. The number of halogens is 1. The first-order valence-electron chi connectivity index (χ1n) is 8.31. The number of aryl methyl sites for hydroxylation is 2. The lowest BCUT2D eigenvalue weighted by Crippen LogP contribution is -2.37. The molecule has 0 saturated heterocycles. The van der Waals surface area contributed by atoms with E-state index < -0.39 is 0 Å². The fraction of sp³-hybridized carbons (Fsp3) is 0.474. The van der Waals surface area contributed by atoms with Crippen molar-refractivity contribution >= 4 is 11.5 Å². The van der Waals surface area contributed by atoms with E-state index in [1.807, 2.05) is 20.8 Å². The molecule has 1 N–H and O–H groups in total. The van der Waals surface area contributed by atoms with Crippen LogP contribution in [-0.2, 0) is 17.6 Å². The molecular formula is C19H23FN2O. The predicted molar refractivity (Wildman–Crippen MR) is 89.4 cm³/mol. The Balaban J connectivity index is 2.20. The molecule has 4 heteroatoms. The molecule has 1 atom stereocenters. The summed E-state index contributed by atoms with van der Waals surface area (Å²) in [5.74, 6) is 0.0729. The summed E-state index contributed by atoms with van der Waals surface area (Å²) in [5.41, 5.74) is 5.85. The van der Waals surface area contributed by atoms with Crippen molar-refractivity contribution in [1.29, 1.82) is 0 Å². The van der Waals surface area contributed by atoms with E-state index in [-0.39, 0.29) is 11.7 Å². The van der Waals surface area contributed by atoms with Crippen molar-refractivity contribution in [2.45, 2.75) is 47.0 Å². The lowest BCUT2D eigenvalue weighted by molar-refractivity contribution is -0.117. The normalized spacial score (nSPS) is 21.4. The summed E-state index contributed by atoms with van der Waals surface area (Å²) in [6.45, 7) is 8.65. The van der Waals surface area contributed by atoms with Gasteiger partial charge in [0.2, 0.25) is 0 Å². The minimum Gasteiger partial charge on any atom is -0.351 e. The highest BCUT2D eigenvalue weighted by Crippen LogP contribution is 2.39. The van der Waals surface area contributed by atoms with Gasteiger partial charge >= 0.3 is 0 Å². The van der Waals surface area contributed by atoms with E-state index in [0.29, 0.717) is 30.1 Å². The first-order valence-corrected chi connectivity index (χ1v) is 8.31. The lowest BCUT2D eigenvalue weighted by atomic mass is 9.79. The van der Waals surface area contributed by atoms with E-state index in [0.717, 1.165) is 40.7 Å². The zero-order valence-electron chi connectivity index (χ0n) is 14.2. The Morgan fingerprint density at radius 2 is 2.09 bits per heavy atom. The highest BCUT2D eigenvalue weighted by molar-refractivity contribution is 6.02. The van der Waals surface area contributed by atoms with E-state index >= 15 is 0 Å². The smallest absolute Gasteiger partial charge is 0.251 e. The van der Waals surface area contributed by atoms with Crippen LogP contribution < -0.4 is 5.32 Å². The molecule has 1 aromatic heterocycles. The molecule has 0 aromatic carbocycles.